The lowest BCUT2D eigenvalue weighted by Crippen LogP contribution is -2.17. The van der Waals surface area contributed by atoms with Crippen LogP contribution in [0.2, 0.25) is 0 Å². The maximum absolute atomic E-state index is 5.90. The van der Waals surface area contributed by atoms with Gasteiger partial charge in [-0.1, -0.05) is 19.1 Å². The highest BCUT2D eigenvalue weighted by Crippen LogP contribution is 2.25. The Morgan fingerprint density at radius 2 is 2.15 bits per heavy atom. The van der Waals surface area contributed by atoms with Crippen LogP contribution in [0, 0.1) is 6.92 Å². The summed E-state index contributed by atoms with van der Waals surface area (Å²) in [5.41, 5.74) is 2.48. The van der Waals surface area contributed by atoms with Gasteiger partial charge in [0.1, 0.15) is 12.4 Å². The highest BCUT2D eigenvalue weighted by atomic mass is 79.9. The minimum atomic E-state index is 0.376. The second kappa shape index (κ2) is 7.25. The van der Waals surface area contributed by atoms with Crippen molar-refractivity contribution in [2.24, 2.45) is 0 Å². The van der Waals surface area contributed by atoms with Crippen LogP contribution in [0.15, 0.2) is 34.1 Å². The lowest BCUT2D eigenvalue weighted by atomic mass is 10.1. The minimum absolute atomic E-state index is 0.376. The summed E-state index contributed by atoms with van der Waals surface area (Å²) in [4.78, 5) is 1.22. The van der Waals surface area contributed by atoms with Gasteiger partial charge in [0.2, 0.25) is 0 Å². The molecule has 2 rings (SSSR count). The molecule has 2 aromatic rings. The van der Waals surface area contributed by atoms with Crippen molar-refractivity contribution in [3.63, 3.8) is 0 Å². The first-order chi connectivity index (χ1) is 9.60. The lowest BCUT2D eigenvalue weighted by Gasteiger charge is -2.15. The van der Waals surface area contributed by atoms with E-state index in [1.807, 2.05) is 0 Å². The molecule has 0 spiro atoms. The zero-order valence-corrected chi connectivity index (χ0v) is 14.5. The normalized spacial score (nSPS) is 12.4. The van der Waals surface area contributed by atoms with E-state index in [4.69, 9.17) is 4.74 Å². The summed E-state index contributed by atoms with van der Waals surface area (Å²) in [7, 11) is 0. The Kier molecular flexibility index (Phi) is 5.64. The zero-order chi connectivity index (χ0) is 14.5. The quantitative estimate of drug-likeness (QED) is 0.782. The molecule has 0 aliphatic heterocycles. The summed E-state index contributed by atoms with van der Waals surface area (Å²) in [6.45, 7) is 8.01. The molecule has 0 radical (unpaired) electrons. The smallest absolute Gasteiger partial charge is 0.122 e. The molecule has 0 amide bonds. The van der Waals surface area contributed by atoms with E-state index in [2.05, 4.69) is 71.7 Å². The number of hydrogen-bond donors (Lipinski definition) is 1. The maximum Gasteiger partial charge on any atom is 0.122 e. The summed E-state index contributed by atoms with van der Waals surface area (Å²) < 4.78 is 7.02. The molecule has 108 valence electrons. The number of ether oxygens (including phenoxy) is 1. The topological polar surface area (TPSA) is 21.3 Å². The molecule has 20 heavy (non-hydrogen) atoms. The van der Waals surface area contributed by atoms with Crippen LogP contribution in [0.5, 0.6) is 5.75 Å². The van der Waals surface area contributed by atoms with Gasteiger partial charge in [0.05, 0.1) is 0 Å². The molecule has 1 atom stereocenters. The number of benzene rings is 1. The average Bonchev–Trinajstić information content (AvgIpc) is 2.83. The van der Waals surface area contributed by atoms with Crippen molar-refractivity contribution in [3.05, 3.63) is 50.1 Å². The predicted molar refractivity (Wildman–Crippen MR) is 89.6 cm³/mol. The highest BCUT2D eigenvalue weighted by molar-refractivity contribution is 9.10. The van der Waals surface area contributed by atoms with Crippen molar-refractivity contribution < 1.29 is 4.74 Å². The van der Waals surface area contributed by atoms with E-state index in [0.29, 0.717) is 12.6 Å². The molecule has 4 heteroatoms. The third-order valence-electron chi connectivity index (χ3n) is 3.20. The van der Waals surface area contributed by atoms with Crippen LogP contribution in [0.25, 0.3) is 0 Å². The Morgan fingerprint density at radius 3 is 2.75 bits per heavy atom. The van der Waals surface area contributed by atoms with E-state index in [-0.39, 0.29) is 0 Å². The molecule has 1 N–H and O–H groups in total. The number of thiophene rings is 1. The summed E-state index contributed by atoms with van der Waals surface area (Å²) in [6.07, 6.45) is 0. The molecule has 1 unspecified atom stereocenters. The Labute approximate surface area is 133 Å². The van der Waals surface area contributed by atoms with Crippen molar-refractivity contribution in [2.75, 3.05) is 6.54 Å². The van der Waals surface area contributed by atoms with Crippen molar-refractivity contribution in [2.45, 2.75) is 33.4 Å². The van der Waals surface area contributed by atoms with Gasteiger partial charge in [-0.25, -0.2) is 0 Å². The van der Waals surface area contributed by atoms with Crippen LogP contribution >= 0.6 is 27.3 Å². The van der Waals surface area contributed by atoms with Gasteiger partial charge >= 0.3 is 0 Å². The second-order valence-corrected chi connectivity index (χ2v) is 6.74. The molecule has 0 fully saturated rings. The highest BCUT2D eigenvalue weighted by Gasteiger charge is 2.07. The lowest BCUT2D eigenvalue weighted by molar-refractivity contribution is 0.307. The van der Waals surface area contributed by atoms with Crippen LogP contribution in [0.3, 0.4) is 0 Å². The predicted octanol–water partition coefficient (Wildman–Crippen LogP) is 5.07. The molecule has 0 bridgehead atoms. The van der Waals surface area contributed by atoms with Gasteiger partial charge in [-0.15, -0.1) is 11.3 Å². The molecule has 0 aliphatic carbocycles. The molecular formula is C16H20BrNOS. The molecule has 1 aromatic heterocycles. The number of aryl methyl sites for hydroxylation is 1. The number of nitrogens with one attached hydrogen (secondary N) is 1. The average molecular weight is 354 g/mol. The zero-order valence-electron chi connectivity index (χ0n) is 12.1. The summed E-state index contributed by atoms with van der Waals surface area (Å²) >= 11 is 5.17. The van der Waals surface area contributed by atoms with Crippen molar-refractivity contribution in [1.82, 2.24) is 5.32 Å². The van der Waals surface area contributed by atoms with E-state index >= 15 is 0 Å². The Bertz CT molecular complexity index is 567. The van der Waals surface area contributed by atoms with Crippen LogP contribution in [0.1, 0.15) is 35.9 Å². The fourth-order valence-corrected chi connectivity index (χ4v) is 3.47. The minimum Gasteiger partial charge on any atom is -0.488 e. The molecule has 1 aromatic carbocycles. The molecular weight excluding hydrogens is 334 g/mol. The molecule has 0 aliphatic rings. The first-order valence-corrected chi connectivity index (χ1v) is 8.47. The van der Waals surface area contributed by atoms with Gasteiger partial charge in [0.15, 0.2) is 0 Å². The maximum atomic E-state index is 5.90. The van der Waals surface area contributed by atoms with Crippen LogP contribution < -0.4 is 10.1 Å². The third kappa shape index (κ3) is 4.08. The molecule has 0 saturated carbocycles. The van der Waals surface area contributed by atoms with Gasteiger partial charge in [0, 0.05) is 20.8 Å². The van der Waals surface area contributed by atoms with Crippen molar-refractivity contribution >= 4 is 27.3 Å². The van der Waals surface area contributed by atoms with Crippen molar-refractivity contribution in [1.29, 1.82) is 0 Å². The Hall–Kier alpha value is -0.840. The molecule has 2 nitrogen and oxygen atoms in total. The second-order valence-electron chi connectivity index (χ2n) is 4.82. The van der Waals surface area contributed by atoms with Gasteiger partial charge < -0.3 is 10.1 Å². The number of hydrogen-bond acceptors (Lipinski definition) is 3. The first kappa shape index (κ1) is 15.5. The van der Waals surface area contributed by atoms with Gasteiger partial charge in [-0.05, 0) is 59.6 Å². The Morgan fingerprint density at radius 1 is 1.35 bits per heavy atom. The van der Waals surface area contributed by atoms with Crippen LogP contribution in [0.4, 0.5) is 0 Å². The van der Waals surface area contributed by atoms with Gasteiger partial charge in [0.25, 0.3) is 0 Å². The van der Waals surface area contributed by atoms with Crippen molar-refractivity contribution in [3.8, 4) is 5.75 Å². The molecule has 1 heterocycles. The van der Waals surface area contributed by atoms with Gasteiger partial charge in [-0.3, -0.25) is 0 Å². The summed E-state index contributed by atoms with van der Waals surface area (Å²) in [5, 5.41) is 5.50. The van der Waals surface area contributed by atoms with Crippen LogP contribution in [-0.2, 0) is 6.61 Å². The largest absolute Gasteiger partial charge is 0.488 e. The standard InChI is InChI=1S/C16H20BrNOS/c1-4-18-12(3)13-5-6-16(11(2)7-13)19-9-15-8-14(17)10-20-15/h5-8,10,12,18H,4,9H2,1-3H3. The molecule has 0 saturated heterocycles. The fourth-order valence-electron chi connectivity index (χ4n) is 2.11. The van der Waals surface area contributed by atoms with E-state index < -0.39 is 0 Å². The number of rotatable bonds is 6. The fraction of sp³-hybridized carbons (Fsp3) is 0.375. The first-order valence-electron chi connectivity index (χ1n) is 6.79. The SMILES string of the molecule is CCNC(C)c1ccc(OCc2cc(Br)cs2)c(C)c1. The van der Waals surface area contributed by atoms with E-state index in [1.54, 1.807) is 11.3 Å². The third-order valence-corrected chi connectivity index (χ3v) is 4.87. The summed E-state index contributed by atoms with van der Waals surface area (Å²) in [6, 6.07) is 8.89. The number of halogens is 1. The van der Waals surface area contributed by atoms with E-state index in [9.17, 15) is 0 Å². The summed E-state index contributed by atoms with van der Waals surface area (Å²) in [5.74, 6) is 0.960. The Balaban J connectivity index is 2.02. The van der Waals surface area contributed by atoms with Crippen LogP contribution in [-0.4, -0.2) is 6.54 Å². The van der Waals surface area contributed by atoms with Gasteiger partial charge in [-0.2, -0.15) is 0 Å². The van der Waals surface area contributed by atoms with E-state index in [1.165, 1.54) is 16.0 Å². The monoisotopic (exact) mass is 353 g/mol. The van der Waals surface area contributed by atoms with E-state index in [0.717, 1.165) is 16.8 Å².